The van der Waals surface area contributed by atoms with Gasteiger partial charge in [-0.3, -0.25) is 44.2 Å². The van der Waals surface area contributed by atoms with Gasteiger partial charge in [0.25, 0.3) is 12.4 Å². The van der Waals surface area contributed by atoms with Crippen molar-refractivity contribution in [2.75, 3.05) is 83.0 Å². The number of H-pyrrole nitrogens is 1. The summed E-state index contributed by atoms with van der Waals surface area (Å²) in [6.45, 7) is 13.5. The second kappa shape index (κ2) is 27.2. The number of nitrogens with two attached hydrogens (primary N) is 2. The minimum atomic E-state index is -2.49. The molecule has 6 heterocycles. The second-order valence-corrected chi connectivity index (χ2v) is 28.4. The van der Waals surface area contributed by atoms with E-state index in [-0.39, 0.29) is 67.4 Å². The van der Waals surface area contributed by atoms with Gasteiger partial charge < -0.3 is 56.2 Å². The molecule has 1 aromatic heterocycles. The zero-order valence-electron chi connectivity index (χ0n) is 51.6. The number of benzene rings is 2. The Labute approximate surface area is 518 Å². The van der Waals surface area contributed by atoms with Crippen molar-refractivity contribution in [1.82, 2.24) is 31.0 Å². The molecule has 87 heavy (non-hydrogen) atoms. The standard InChI is InChI=1S/C63H92N10O12S2/c1-8-59(81)32-41-33-61(36-84-37-74,51-43(19-24-72(34-41)35-59)42-16-10-11-17-46(42)68-51)45-30-44-47(31-50(45)83-7)71(6)54-62(44)21-25-73-23-14-20-60(9-2,53(62)73)55(78)63(54,82)56(79)69-70-58(80)85-26-28-87-86-27-13-18-48(75)40(5)67-52(77)39(4)29-49(76)38(3)15-12-22-66-57(64)65/h10-11,16-17,30-31,37-41,53-55,68,78,81-82H,8-9,12-15,18-29,32-36H2,1-7H3,(H,67,77)(H,69,79)(H,70,80)(H4,64,65,66)/t38-,39+,40-,41+,53-,54+,55+,59?,60+,61-,62+,63-/m0/s1. The van der Waals surface area contributed by atoms with Gasteiger partial charge in [0, 0.05) is 120 Å². The number of ether oxygens (including phenoxy) is 3. The number of piperidine rings is 2. The lowest BCUT2D eigenvalue weighted by Crippen LogP contribution is -2.82. The molecule has 2 aromatic carbocycles. The van der Waals surface area contributed by atoms with Crippen LogP contribution < -0.4 is 37.3 Å². The Morgan fingerprint density at radius 3 is 2.44 bits per heavy atom. The highest BCUT2D eigenvalue weighted by Crippen LogP contribution is 2.68. The molecule has 3 aromatic rings. The van der Waals surface area contributed by atoms with Crippen molar-refractivity contribution in [2.45, 2.75) is 164 Å². The van der Waals surface area contributed by atoms with Crippen LogP contribution in [0.1, 0.15) is 134 Å². The first-order valence-electron chi connectivity index (χ1n) is 31.2. The third kappa shape index (κ3) is 12.5. The van der Waals surface area contributed by atoms with Gasteiger partial charge in [-0.25, -0.2) is 10.2 Å². The third-order valence-electron chi connectivity index (χ3n) is 20.5. The predicted molar refractivity (Wildman–Crippen MR) is 336 cm³/mol. The van der Waals surface area contributed by atoms with Crippen molar-refractivity contribution in [2.24, 2.45) is 39.6 Å². The monoisotopic (exact) mass is 1240 g/mol. The van der Waals surface area contributed by atoms with Crippen LogP contribution in [0.4, 0.5) is 10.5 Å². The molecule has 4 fully saturated rings. The molecule has 3 saturated heterocycles. The van der Waals surface area contributed by atoms with Crippen LogP contribution in [0.25, 0.3) is 10.9 Å². The van der Waals surface area contributed by atoms with Gasteiger partial charge in [0.1, 0.15) is 30.9 Å². The molecule has 1 aliphatic carbocycles. The molecule has 24 heteroatoms. The van der Waals surface area contributed by atoms with Crippen molar-refractivity contribution in [1.29, 1.82) is 0 Å². The van der Waals surface area contributed by atoms with Crippen LogP contribution in [0, 0.1) is 23.2 Å². The van der Waals surface area contributed by atoms with Crippen molar-refractivity contribution < 1.29 is 58.3 Å². The summed E-state index contributed by atoms with van der Waals surface area (Å²) in [6, 6.07) is 10.3. The van der Waals surface area contributed by atoms with Crippen LogP contribution in [0.5, 0.6) is 5.75 Å². The Morgan fingerprint density at radius 1 is 0.931 bits per heavy atom. The number of methoxy groups -OCH3 is 1. The number of amides is 3. The van der Waals surface area contributed by atoms with E-state index in [2.05, 4.69) is 54.1 Å². The average molecular weight is 1250 g/mol. The van der Waals surface area contributed by atoms with Gasteiger partial charge in [-0.15, -0.1) is 0 Å². The van der Waals surface area contributed by atoms with Crippen LogP contribution in [-0.4, -0.2) is 186 Å². The van der Waals surface area contributed by atoms with E-state index in [0.717, 1.165) is 65.0 Å². The number of nitrogens with zero attached hydrogens (tertiary/aromatic N) is 4. The molecule has 13 atom stereocenters. The number of aromatic amines is 1. The van der Waals surface area contributed by atoms with Crippen molar-refractivity contribution in [3.05, 3.63) is 58.8 Å². The number of carbonyl (C=O) groups is 6. The Kier molecular flexibility index (Phi) is 20.6. The zero-order chi connectivity index (χ0) is 62.6. The van der Waals surface area contributed by atoms with Crippen molar-refractivity contribution >= 4 is 80.1 Å². The number of hydrazine groups is 1. The zero-order valence-corrected chi connectivity index (χ0v) is 53.3. The molecule has 1 spiro atoms. The molecule has 5 aliphatic heterocycles. The van der Waals surface area contributed by atoms with E-state index in [9.17, 15) is 39.3 Å². The van der Waals surface area contributed by atoms with Crippen LogP contribution >= 0.6 is 21.6 Å². The molecular formula is C63H92N10O12S2. The van der Waals surface area contributed by atoms with Crippen LogP contribution in [-0.2, 0) is 50.7 Å². The Bertz CT molecular complexity index is 3060. The first kappa shape index (κ1) is 65.8. The number of likely N-dealkylation sites (N-methyl/N-ethyl adjacent to an activating group) is 1. The number of guanidine groups is 1. The normalized spacial score (nSPS) is 29.9. The minimum Gasteiger partial charge on any atom is -0.496 e. The molecule has 6 aliphatic rings. The summed E-state index contributed by atoms with van der Waals surface area (Å²) in [7, 11) is 6.40. The number of para-hydroxylation sites is 1. The van der Waals surface area contributed by atoms with E-state index in [1.54, 1.807) is 21.0 Å². The minimum absolute atomic E-state index is 0.00284. The number of ketones is 2. The molecule has 2 bridgehead atoms. The summed E-state index contributed by atoms with van der Waals surface area (Å²) in [5.41, 5.74) is 14.5. The number of carbonyl (C=O) groups excluding carboxylic acids is 6. The summed E-state index contributed by atoms with van der Waals surface area (Å²) < 4.78 is 18.0. The maximum Gasteiger partial charge on any atom is 0.426 e. The number of aliphatic hydroxyl groups excluding tert-OH is 1. The van der Waals surface area contributed by atoms with Gasteiger partial charge in [0.15, 0.2) is 17.3 Å². The van der Waals surface area contributed by atoms with Gasteiger partial charge in [0.05, 0.1) is 30.2 Å². The van der Waals surface area contributed by atoms with Gasteiger partial charge in [-0.2, -0.15) is 0 Å². The maximum absolute atomic E-state index is 15.1. The fourth-order valence-corrected chi connectivity index (χ4v) is 18.3. The number of aromatic nitrogens is 1. The van der Waals surface area contributed by atoms with Gasteiger partial charge >= 0.3 is 6.09 Å². The molecule has 478 valence electrons. The molecule has 1 saturated carbocycles. The maximum atomic E-state index is 15.1. The molecule has 22 nitrogen and oxygen atoms in total. The van der Waals surface area contributed by atoms with E-state index < -0.39 is 63.6 Å². The molecule has 9 rings (SSSR count). The lowest BCUT2D eigenvalue weighted by atomic mass is 9.46. The highest BCUT2D eigenvalue weighted by Gasteiger charge is 2.79. The third-order valence-corrected chi connectivity index (χ3v) is 23.0. The van der Waals surface area contributed by atoms with Gasteiger partial charge in [-0.05, 0) is 120 Å². The highest BCUT2D eigenvalue weighted by atomic mass is 33.1. The van der Waals surface area contributed by atoms with E-state index in [0.29, 0.717) is 108 Å². The van der Waals surface area contributed by atoms with Crippen LogP contribution in [0.3, 0.4) is 0 Å². The van der Waals surface area contributed by atoms with E-state index >= 15 is 4.79 Å². The number of fused-ring (bicyclic) bond motifs is 6. The Morgan fingerprint density at radius 2 is 1.70 bits per heavy atom. The fourth-order valence-electron chi connectivity index (χ4n) is 16.4. The summed E-state index contributed by atoms with van der Waals surface area (Å²) in [6.07, 6.45) is 4.13. The van der Waals surface area contributed by atoms with Crippen molar-refractivity contribution in [3.8, 4) is 5.75 Å². The summed E-state index contributed by atoms with van der Waals surface area (Å²) in [5.74, 6) is -0.846. The summed E-state index contributed by atoms with van der Waals surface area (Å²) in [5, 5.41) is 42.5. The number of nitrogens with one attached hydrogen (secondary N) is 4. The second-order valence-electron chi connectivity index (χ2n) is 25.7. The number of anilines is 1. The SMILES string of the molecule is CCC1(O)C[C@H]2CN(CCc3c([nH]c4ccccc34)[C@@](COC=O)(c3cc4c(cc3OC)N(C)[C@H]3[C@@](O)(C(=O)NNC(=O)OCCSSCCCC(=O)[C@H](C)NC(=O)[C@H](C)CC(=O)[C@@H](C)CCCN=C(N)N)[C@H](O)[C@]5(CC)CCCN6CC[C@]43[C@@H]65)C2)C1. The Balaban J connectivity index is 0.883. The van der Waals surface area contributed by atoms with Crippen LogP contribution in [0.15, 0.2) is 41.4 Å². The summed E-state index contributed by atoms with van der Waals surface area (Å²) in [4.78, 5) is 94.1. The topological polar surface area (TPSA) is 317 Å². The van der Waals surface area contributed by atoms with E-state index in [1.165, 1.54) is 21.6 Å². The molecule has 11 N–H and O–H groups in total. The van der Waals surface area contributed by atoms with Crippen LogP contribution in [0.2, 0.25) is 0 Å². The summed E-state index contributed by atoms with van der Waals surface area (Å²) >= 11 is 0. The number of Topliss-reactive ketones (excluding diaryl/α,β-unsaturated/α-hetero) is 2. The lowest BCUT2D eigenvalue weighted by Gasteiger charge is -2.64. The first-order chi connectivity index (χ1) is 41.6. The number of aliphatic imine (C=N–C) groups is 1. The number of aliphatic hydroxyl groups is 3. The lowest BCUT2D eigenvalue weighted by molar-refractivity contribution is -0.222. The number of hydrogen-bond donors (Lipinski definition) is 9. The fraction of sp³-hybridized carbons (Fsp3) is 0.667. The first-order valence-corrected chi connectivity index (χ1v) is 33.7. The largest absolute Gasteiger partial charge is 0.496 e. The smallest absolute Gasteiger partial charge is 0.426 e. The molecule has 3 amide bonds. The molecule has 2 unspecified atom stereocenters. The Hall–Kier alpha value is -5.63. The predicted octanol–water partition coefficient (Wildman–Crippen LogP) is 4.75. The number of hydrogen-bond acceptors (Lipinski definition) is 18. The average Bonchev–Trinajstić information content (AvgIpc) is 1.53. The van der Waals surface area contributed by atoms with E-state index in [4.69, 9.17) is 25.7 Å². The quantitative estimate of drug-likeness (QED) is 0.0131. The number of rotatable bonds is 26. The molecular weight excluding hydrogens is 1150 g/mol. The van der Waals surface area contributed by atoms with Gasteiger partial charge in [0.2, 0.25) is 5.91 Å². The van der Waals surface area contributed by atoms with Gasteiger partial charge in [-0.1, -0.05) is 67.5 Å². The highest BCUT2D eigenvalue weighted by molar-refractivity contribution is 8.76. The van der Waals surface area contributed by atoms with E-state index in [1.807, 2.05) is 50.9 Å². The van der Waals surface area contributed by atoms with Crippen molar-refractivity contribution in [3.63, 3.8) is 0 Å². The molecule has 0 radical (unpaired) electrons.